The lowest BCUT2D eigenvalue weighted by molar-refractivity contribution is -0.0839. The molecule has 0 spiro atoms. The first-order valence-electron chi connectivity index (χ1n) is 7.08. The predicted molar refractivity (Wildman–Crippen MR) is 72.2 cm³/mol. The molecular weight excluding hydrogens is 261 g/mol. The highest BCUT2D eigenvalue weighted by molar-refractivity contribution is 5.22. The van der Waals surface area contributed by atoms with Gasteiger partial charge in [0.25, 0.3) is 0 Å². The van der Waals surface area contributed by atoms with Gasteiger partial charge in [-0.3, -0.25) is 0 Å². The number of ether oxygens (including phenoxy) is 2. The highest BCUT2D eigenvalue weighted by atomic mass is 19.1. The predicted octanol–water partition coefficient (Wildman–Crippen LogP) is 1.48. The normalized spacial score (nSPS) is 32.9. The molecule has 2 aliphatic rings. The number of halogens is 1. The second-order valence-corrected chi connectivity index (χ2v) is 5.78. The highest BCUT2D eigenvalue weighted by Gasteiger charge is 2.40. The van der Waals surface area contributed by atoms with Crippen LogP contribution in [0, 0.1) is 5.82 Å². The fourth-order valence-corrected chi connectivity index (χ4v) is 3.11. The van der Waals surface area contributed by atoms with Crippen LogP contribution in [0.1, 0.15) is 19.3 Å². The lowest BCUT2D eigenvalue weighted by atomic mass is 9.81. The number of fused-ring (bicyclic) bond motifs is 2. The standard InChI is InChI=1S/C15H20FNO3/c16-11-1-3-14(4-2-11)20-6-5-15(18)7-12-9-19-10-13(8-15)17-12/h1-4,12-13,17-18H,5-10H2. The van der Waals surface area contributed by atoms with E-state index in [1.165, 1.54) is 12.1 Å². The average molecular weight is 281 g/mol. The van der Waals surface area contributed by atoms with Gasteiger partial charge in [0.05, 0.1) is 25.4 Å². The first-order chi connectivity index (χ1) is 9.63. The molecule has 0 amide bonds. The van der Waals surface area contributed by atoms with Crippen molar-refractivity contribution in [3.63, 3.8) is 0 Å². The molecule has 2 heterocycles. The summed E-state index contributed by atoms with van der Waals surface area (Å²) in [6, 6.07) is 6.41. The molecule has 2 unspecified atom stereocenters. The first kappa shape index (κ1) is 13.8. The van der Waals surface area contributed by atoms with Crippen LogP contribution in [-0.4, -0.2) is 42.6 Å². The summed E-state index contributed by atoms with van der Waals surface area (Å²) in [7, 11) is 0. The molecule has 0 radical (unpaired) electrons. The largest absolute Gasteiger partial charge is 0.493 e. The smallest absolute Gasteiger partial charge is 0.123 e. The lowest BCUT2D eigenvalue weighted by Crippen LogP contribution is -2.60. The molecule has 5 heteroatoms. The van der Waals surface area contributed by atoms with Crippen molar-refractivity contribution in [2.75, 3.05) is 19.8 Å². The molecule has 2 saturated heterocycles. The van der Waals surface area contributed by atoms with Gasteiger partial charge >= 0.3 is 0 Å². The molecule has 1 aromatic rings. The molecular formula is C15H20FNO3. The summed E-state index contributed by atoms with van der Waals surface area (Å²) in [6.45, 7) is 1.76. The van der Waals surface area contributed by atoms with Gasteiger partial charge in [-0.2, -0.15) is 0 Å². The lowest BCUT2D eigenvalue weighted by Gasteiger charge is -2.45. The van der Waals surface area contributed by atoms with Gasteiger partial charge in [-0.1, -0.05) is 0 Å². The molecule has 110 valence electrons. The number of benzene rings is 1. The van der Waals surface area contributed by atoms with Crippen molar-refractivity contribution in [2.45, 2.75) is 36.9 Å². The summed E-state index contributed by atoms with van der Waals surface area (Å²) in [6.07, 6.45) is 1.96. The fourth-order valence-electron chi connectivity index (χ4n) is 3.11. The van der Waals surface area contributed by atoms with Crippen LogP contribution in [-0.2, 0) is 4.74 Å². The maximum atomic E-state index is 12.8. The van der Waals surface area contributed by atoms with Crippen molar-refractivity contribution in [3.05, 3.63) is 30.1 Å². The van der Waals surface area contributed by atoms with Crippen molar-refractivity contribution >= 4 is 0 Å². The van der Waals surface area contributed by atoms with Gasteiger partial charge in [-0.25, -0.2) is 4.39 Å². The Balaban J connectivity index is 1.51. The monoisotopic (exact) mass is 281 g/mol. The third-order valence-electron chi connectivity index (χ3n) is 4.01. The van der Waals surface area contributed by atoms with Gasteiger partial charge in [0, 0.05) is 18.5 Å². The molecule has 3 rings (SSSR count). The topological polar surface area (TPSA) is 50.7 Å². The van der Waals surface area contributed by atoms with Gasteiger partial charge < -0.3 is 19.9 Å². The molecule has 2 atom stereocenters. The summed E-state index contributed by atoms with van der Waals surface area (Å²) in [4.78, 5) is 0. The Morgan fingerprint density at radius 1 is 1.25 bits per heavy atom. The first-order valence-corrected chi connectivity index (χ1v) is 7.08. The Morgan fingerprint density at radius 2 is 1.90 bits per heavy atom. The molecule has 4 nitrogen and oxygen atoms in total. The van der Waals surface area contributed by atoms with E-state index in [4.69, 9.17) is 9.47 Å². The van der Waals surface area contributed by atoms with Crippen molar-refractivity contribution in [2.24, 2.45) is 0 Å². The van der Waals surface area contributed by atoms with Crippen LogP contribution >= 0.6 is 0 Å². The number of hydrogen-bond acceptors (Lipinski definition) is 4. The van der Waals surface area contributed by atoms with E-state index in [1.807, 2.05) is 0 Å². The van der Waals surface area contributed by atoms with E-state index in [0.29, 0.717) is 44.8 Å². The quantitative estimate of drug-likeness (QED) is 0.877. The highest BCUT2D eigenvalue weighted by Crippen LogP contribution is 2.30. The summed E-state index contributed by atoms with van der Waals surface area (Å²) < 4.78 is 23.8. The van der Waals surface area contributed by atoms with E-state index < -0.39 is 5.60 Å². The van der Waals surface area contributed by atoms with E-state index in [9.17, 15) is 9.50 Å². The third kappa shape index (κ3) is 3.29. The van der Waals surface area contributed by atoms with Gasteiger partial charge in [0.15, 0.2) is 0 Å². The van der Waals surface area contributed by atoms with E-state index in [2.05, 4.69) is 5.32 Å². The number of piperidine rings is 1. The Morgan fingerprint density at radius 3 is 2.55 bits per heavy atom. The SMILES string of the molecule is OC1(CCOc2ccc(F)cc2)CC2COCC(C1)N2. The second-order valence-electron chi connectivity index (χ2n) is 5.78. The number of hydrogen-bond donors (Lipinski definition) is 2. The zero-order chi connectivity index (χ0) is 14.0. The van der Waals surface area contributed by atoms with Crippen LogP contribution in [0.3, 0.4) is 0 Å². The van der Waals surface area contributed by atoms with Crippen LogP contribution in [0.5, 0.6) is 5.75 Å². The van der Waals surface area contributed by atoms with Crippen LogP contribution in [0.4, 0.5) is 4.39 Å². The number of aliphatic hydroxyl groups is 1. The minimum atomic E-state index is -0.690. The van der Waals surface area contributed by atoms with Crippen molar-refractivity contribution in [1.82, 2.24) is 5.32 Å². The van der Waals surface area contributed by atoms with Gasteiger partial charge in [-0.05, 0) is 37.1 Å². The van der Waals surface area contributed by atoms with Crippen LogP contribution in [0.25, 0.3) is 0 Å². The van der Waals surface area contributed by atoms with Crippen LogP contribution < -0.4 is 10.1 Å². The summed E-state index contributed by atoms with van der Waals surface area (Å²) in [5.41, 5.74) is -0.690. The second kappa shape index (κ2) is 5.68. The third-order valence-corrected chi connectivity index (χ3v) is 4.01. The van der Waals surface area contributed by atoms with Crippen molar-refractivity contribution in [3.8, 4) is 5.75 Å². The Hall–Kier alpha value is -1.17. The number of rotatable bonds is 4. The molecule has 20 heavy (non-hydrogen) atoms. The van der Waals surface area contributed by atoms with Gasteiger partial charge in [0.2, 0.25) is 0 Å². The Kier molecular flexibility index (Phi) is 3.92. The van der Waals surface area contributed by atoms with E-state index >= 15 is 0 Å². The maximum Gasteiger partial charge on any atom is 0.123 e. The van der Waals surface area contributed by atoms with Crippen molar-refractivity contribution < 1.29 is 19.0 Å². The van der Waals surface area contributed by atoms with Gasteiger partial charge in [-0.15, -0.1) is 0 Å². The van der Waals surface area contributed by atoms with E-state index in [0.717, 1.165) is 0 Å². The average Bonchev–Trinajstić information content (AvgIpc) is 2.40. The zero-order valence-corrected chi connectivity index (χ0v) is 11.3. The summed E-state index contributed by atoms with van der Waals surface area (Å²) in [5, 5.41) is 14.1. The zero-order valence-electron chi connectivity index (χ0n) is 11.3. The Bertz CT molecular complexity index is 439. The fraction of sp³-hybridized carbons (Fsp3) is 0.600. The number of nitrogens with one attached hydrogen (secondary N) is 1. The van der Waals surface area contributed by atoms with E-state index in [-0.39, 0.29) is 17.9 Å². The molecule has 2 fully saturated rings. The van der Waals surface area contributed by atoms with Crippen LogP contribution in [0.15, 0.2) is 24.3 Å². The van der Waals surface area contributed by atoms with Crippen LogP contribution in [0.2, 0.25) is 0 Å². The molecule has 2 aliphatic heterocycles. The minimum absolute atomic E-state index is 0.235. The maximum absolute atomic E-state index is 12.8. The van der Waals surface area contributed by atoms with Crippen molar-refractivity contribution in [1.29, 1.82) is 0 Å². The molecule has 2 N–H and O–H groups in total. The molecule has 0 aromatic heterocycles. The minimum Gasteiger partial charge on any atom is -0.493 e. The molecule has 0 saturated carbocycles. The van der Waals surface area contributed by atoms with E-state index in [1.54, 1.807) is 12.1 Å². The molecule has 2 bridgehead atoms. The van der Waals surface area contributed by atoms with Gasteiger partial charge in [0.1, 0.15) is 11.6 Å². The number of morpholine rings is 1. The summed E-state index contributed by atoms with van der Waals surface area (Å²) >= 11 is 0. The Labute approximate surface area is 117 Å². The molecule has 0 aliphatic carbocycles. The molecule has 1 aromatic carbocycles. The summed E-state index contributed by atoms with van der Waals surface area (Å²) in [5.74, 6) is 0.356.